The molecule has 1 aliphatic heterocycles. The van der Waals surface area contributed by atoms with Gasteiger partial charge < -0.3 is 5.32 Å². The summed E-state index contributed by atoms with van der Waals surface area (Å²) < 4.78 is 14.9. The maximum absolute atomic E-state index is 14.9. The van der Waals surface area contributed by atoms with E-state index in [9.17, 15) is 9.18 Å². The van der Waals surface area contributed by atoms with Gasteiger partial charge in [0.15, 0.2) is 5.78 Å². The normalized spacial score (nSPS) is 15.8. The molecule has 1 aromatic heterocycles. The van der Waals surface area contributed by atoms with Crippen LogP contribution in [0.3, 0.4) is 0 Å². The van der Waals surface area contributed by atoms with Gasteiger partial charge in [-0.1, -0.05) is 60.5 Å². The van der Waals surface area contributed by atoms with E-state index in [1.165, 1.54) is 17.2 Å². The number of pyridine rings is 1. The van der Waals surface area contributed by atoms with Crippen LogP contribution in [-0.2, 0) is 6.54 Å². The first-order valence-electron chi connectivity index (χ1n) is 15.2. The lowest BCUT2D eigenvalue weighted by molar-refractivity contribution is 0.0991. The first-order chi connectivity index (χ1) is 21.3. The van der Waals surface area contributed by atoms with Crippen molar-refractivity contribution in [2.24, 2.45) is 10.9 Å². The number of benzene rings is 3. The lowest BCUT2D eigenvalue weighted by Crippen LogP contribution is -2.11. The third-order valence-electron chi connectivity index (χ3n) is 8.79. The Morgan fingerprint density at radius 3 is 2.64 bits per heavy atom. The summed E-state index contributed by atoms with van der Waals surface area (Å²) in [5.41, 5.74) is 9.65. The minimum Gasteiger partial charge on any atom is -0.340 e. The molecule has 0 fully saturated rings. The van der Waals surface area contributed by atoms with E-state index in [0.29, 0.717) is 46.6 Å². The third kappa shape index (κ3) is 6.02. The largest absolute Gasteiger partial charge is 0.340 e. The van der Waals surface area contributed by atoms with Crippen LogP contribution in [0.5, 0.6) is 0 Å². The maximum Gasteiger partial charge on any atom is 0.166 e. The Balaban J connectivity index is 1.24. The van der Waals surface area contributed by atoms with Gasteiger partial charge in [0, 0.05) is 45.6 Å². The Morgan fingerprint density at radius 2 is 1.86 bits per heavy atom. The molecule has 0 radical (unpaired) electrons. The minimum absolute atomic E-state index is 0.130. The summed E-state index contributed by atoms with van der Waals surface area (Å²) >= 11 is 6.44. The van der Waals surface area contributed by atoms with Crippen molar-refractivity contribution in [1.82, 2.24) is 4.98 Å². The summed E-state index contributed by atoms with van der Waals surface area (Å²) in [5, 5.41) is 4.00. The lowest BCUT2D eigenvalue weighted by Gasteiger charge is -2.24. The molecule has 44 heavy (non-hydrogen) atoms. The van der Waals surface area contributed by atoms with E-state index in [4.69, 9.17) is 21.6 Å². The van der Waals surface area contributed by atoms with Gasteiger partial charge in [0.1, 0.15) is 11.6 Å². The zero-order chi connectivity index (χ0) is 30.8. The third-order valence-corrected chi connectivity index (χ3v) is 9.02. The number of rotatable bonds is 8. The summed E-state index contributed by atoms with van der Waals surface area (Å²) in [6, 6.07) is 19.9. The van der Waals surface area contributed by atoms with E-state index in [2.05, 4.69) is 24.9 Å². The van der Waals surface area contributed by atoms with Gasteiger partial charge in [-0.3, -0.25) is 9.79 Å². The van der Waals surface area contributed by atoms with Crippen LogP contribution in [0.25, 0.3) is 11.1 Å². The first kappa shape index (κ1) is 29.7. The van der Waals surface area contributed by atoms with E-state index >= 15 is 0 Å². The number of nitrogens with zero attached hydrogens (tertiary/aromatic N) is 2. The summed E-state index contributed by atoms with van der Waals surface area (Å²) in [4.78, 5) is 22.7. The monoisotopic (exact) mass is 603 g/mol. The van der Waals surface area contributed by atoms with E-state index < -0.39 is 0 Å². The van der Waals surface area contributed by atoms with Gasteiger partial charge in [-0.25, -0.2) is 9.37 Å². The standard InChI is InChI=1S/C38H35ClFN3O/c1-4-23(2)27-9-7-8-25(18-27)19-35(44)26-12-15-30(16-13-26)43-38-24(3)36-28(22-42-38)21-41-37(32-10-5-6-11-34(32)40)33-20-29(39)14-17-31(33)36/h5-6,8,10-17,20,22,27H,2,4,7,9,18-19,21H2,1,3H3,(H,42,43). The molecule has 4 aromatic rings. The molecule has 1 unspecified atom stereocenters. The number of carbonyl (C=O) groups is 1. The van der Waals surface area contributed by atoms with Crippen LogP contribution in [0.15, 0.2) is 102 Å². The Morgan fingerprint density at radius 1 is 1.07 bits per heavy atom. The molecular weight excluding hydrogens is 569 g/mol. The van der Waals surface area contributed by atoms with Crippen molar-refractivity contribution in [3.8, 4) is 11.1 Å². The smallest absolute Gasteiger partial charge is 0.166 e. The second-order valence-electron chi connectivity index (χ2n) is 11.6. The van der Waals surface area contributed by atoms with E-state index in [1.54, 1.807) is 12.1 Å². The minimum atomic E-state index is -0.329. The van der Waals surface area contributed by atoms with Crippen LogP contribution in [-0.4, -0.2) is 16.5 Å². The Bertz CT molecular complexity index is 1820. The van der Waals surface area contributed by atoms with Gasteiger partial charge in [-0.05, 0) is 104 Å². The number of carbonyl (C=O) groups excluding carboxylic acids is 1. The number of halogens is 2. The van der Waals surface area contributed by atoms with Crippen molar-refractivity contribution in [2.45, 2.75) is 52.5 Å². The molecule has 2 aliphatic rings. The van der Waals surface area contributed by atoms with Gasteiger partial charge in [-0.2, -0.15) is 0 Å². The number of allylic oxidation sites excluding steroid dienone is 3. The average Bonchev–Trinajstić information content (AvgIpc) is 3.19. The van der Waals surface area contributed by atoms with Crippen LogP contribution < -0.4 is 5.32 Å². The quantitative estimate of drug-likeness (QED) is 0.161. The summed E-state index contributed by atoms with van der Waals surface area (Å²) in [7, 11) is 0. The molecule has 4 nitrogen and oxygen atoms in total. The molecule has 6 rings (SSSR count). The maximum atomic E-state index is 14.9. The number of aliphatic imine (C=N–C) groups is 1. The number of nitrogens with one attached hydrogen (secondary N) is 1. The van der Waals surface area contributed by atoms with Gasteiger partial charge in [0.2, 0.25) is 0 Å². The van der Waals surface area contributed by atoms with Gasteiger partial charge in [0.05, 0.1) is 12.3 Å². The molecule has 1 aliphatic carbocycles. The summed E-state index contributed by atoms with van der Waals surface area (Å²) in [5.74, 6) is 0.986. The fourth-order valence-corrected chi connectivity index (χ4v) is 6.48. The van der Waals surface area contributed by atoms with Crippen LogP contribution in [0.1, 0.15) is 71.6 Å². The Hall–Kier alpha value is -4.35. The molecular formula is C38H35ClFN3O. The van der Waals surface area contributed by atoms with Gasteiger partial charge in [0.25, 0.3) is 0 Å². The molecule has 0 spiro atoms. The number of hydrogen-bond donors (Lipinski definition) is 1. The highest BCUT2D eigenvalue weighted by Crippen LogP contribution is 2.39. The van der Waals surface area contributed by atoms with Crippen LogP contribution >= 0.6 is 11.6 Å². The second-order valence-corrected chi connectivity index (χ2v) is 12.1. The zero-order valence-electron chi connectivity index (χ0n) is 25.1. The lowest BCUT2D eigenvalue weighted by atomic mass is 9.81. The molecule has 222 valence electrons. The summed E-state index contributed by atoms with van der Waals surface area (Å²) in [6.07, 6.45) is 8.57. The molecule has 1 atom stereocenters. The molecule has 1 N–H and O–H groups in total. The number of Topliss-reactive ketones (excluding diaryl/α,β-unsaturated/α-hetero) is 1. The molecule has 0 saturated carbocycles. The molecule has 0 bridgehead atoms. The highest BCUT2D eigenvalue weighted by Gasteiger charge is 2.24. The zero-order valence-corrected chi connectivity index (χ0v) is 25.8. The van der Waals surface area contributed by atoms with Crippen molar-refractivity contribution in [3.05, 3.63) is 135 Å². The SMILES string of the molecule is C=C(CC)C1CCC=C(CC(=O)c2ccc(Nc3ncc4c(c3C)-c3ccc(Cl)cc3C(c3ccccc3F)=NC4)cc2)C1. The number of ketones is 1. The van der Waals surface area contributed by atoms with E-state index in [1.807, 2.05) is 61.7 Å². The Kier molecular flexibility index (Phi) is 8.58. The van der Waals surface area contributed by atoms with Crippen molar-refractivity contribution in [2.75, 3.05) is 5.32 Å². The number of aromatic nitrogens is 1. The molecule has 0 saturated heterocycles. The van der Waals surface area contributed by atoms with E-state index in [0.717, 1.165) is 59.2 Å². The predicted octanol–water partition coefficient (Wildman–Crippen LogP) is 10.2. The van der Waals surface area contributed by atoms with E-state index in [-0.39, 0.29) is 11.6 Å². The highest BCUT2D eigenvalue weighted by atomic mass is 35.5. The van der Waals surface area contributed by atoms with Crippen molar-refractivity contribution < 1.29 is 9.18 Å². The van der Waals surface area contributed by atoms with Crippen LogP contribution in [0, 0.1) is 18.7 Å². The average molecular weight is 604 g/mol. The van der Waals surface area contributed by atoms with Crippen molar-refractivity contribution in [1.29, 1.82) is 0 Å². The highest BCUT2D eigenvalue weighted by molar-refractivity contribution is 6.31. The Labute approximate surface area is 263 Å². The van der Waals surface area contributed by atoms with Crippen molar-refractivity contribution in [3.63, 3.8) is 0 Å². The number of fused-ring (bicyclic) bond motifs is 3. The number of anilines is 2. The fourth-order valence-electron chi connectivity index (χ4n) is 6.30. The second kappa shape index (κ2) is 12.7. The molecule has 2 heterocycles. The van der Waals surface area contributed by atoms with Crippen molar-refractivity contribution >= 4 is 34.6 Å². The first-order valence-corrected chi connectivity index (χ1v) is 15.5. The van der Waals surface area contributed by atoms with Gasteiger partial charge in [-0.15, -0.1) is 0 Å². The topological polar surface area (TPSA) is 54.4 Å². The number of hydrogen-bond acceptors (Lipinski definition) is 4. The molecule has 3 aromatic carbocycles. The molecule has 0 amide bonds. The summed E-state index contributed by atoms with van der Waals surface area (Å²) in [6.45, 7) is 8.77. The predicted molar refractivity (Wildman–Crippen MR) is 179 cm³/mol. The van der Waals surface area contributed by atoms with Crippen LogP contribution in [0.4, 0.5) is 15.9 Å². The fraction of sp³-hybridized carbons (Fsp3) is 0.237. The van der Waals surface area contributed by atoms with Gasteiger partial charge >= 0.3 is 0 Å². The van der Waals surface area contributed by atoms with Crippen LogP contribution in [0.2, 0.25) is 5.02 Å². The molecule has 6 heteroatoms.